The van der Waals surface area contributed by atoms with Gasteiger partial charge in [-0.05, 0) is 42.8 Å². The fraction of sp³-hybridized carbons (Fsp3) is 0.138. The minimum Gasteiger partial charge on any atom is -0.353 e. The molecule has 1 atom stereocenters. The SMILES string of the molecule is CC1=C(C(=O)Nc2ccccc2)[C@@H](c2ccccc2Cl)C(C#N)=C(SCC(=O)Nc2ccccc2C(F)(F)F)N1. The van der Waals surface area contributed by atoms with Crippen LogP contribution in [0.3, 0.4) is 0 Å². The molecule has 0 unspecified atom stereocenters. The second-order valence-corrected chi connectivity index (χ2v) is 10.1. The molecule has 0 aliphatic carbocycles. The second kappa shape index (κ2) is 12.3. The number of dihydropyridines is 1. The van der Waals surface area contributed by atoms with Crippen molar-refractivity contribution in [2.24, 2.45) is 0 Å². The Balaban J connectivity index is 1.63. The summed E-state index contributed by atoms with van der Waals surface area (Å²) in [6.45, 7) is 1.66. The van der Waals surface area contributed by atoms with E-state index in [1.165, 1.54) is 18.2 Å². The Morgan fingerprint density at radius 3 is 2.33 bits per heavy atom. The topological polar surface area (TPSA) is 94.0 Å². The lowest BCUT2D eigenvalue weighted by Gasteiger charge is -2.30. The van der Waals surface area contributed by atoms with E-state index in [4.69, 9.17) is 11.6 Å². The number of nitrogens with one attached hydrogen (secondary N) is 3. The number of nitriles is 1. The van der Waals surface area contributed by atoms with Gasteiger partial charge in [0.1, 0.15) is 0 Å². The van der Waals surface area contributed by atoms with E-state index in [2.05, 4.69) is 22.0 Å². The Labute approximate surface area is 237 Å². The molecule has 3 N–H and O–H groups in total. The third kappa shape index (κ3) is 6.50. The Morgan fingerprint density at radius 2 is 1.65 bits per heavy atom. The molecule has 0 saturated carbocycles. The fourth-order valence-electron chi connectivity index (χ4n) is 4.23. The molecule has 3 aromatic carbocycles. The van der Waals surface area contributed by atoms with E-state index in [9.17, 15) is 28.0 Å². The quantitative estimate of drug-likeness (QED) is 0.277. The first-order valence-electron chi connectivity index (χ1n) is 11.9. The molecule has 204 valence electrons. The molecule has 3 aromatic rings. The third-order valence-electron chi connectivity index (χ3n) is 5.99. The summed E-state index contributed by atoms with van der Waals surface area (Å²) >= 11 is 7.45. The summed E-state index contributed by atoms with van der Waals surface area (Å²) in [6.07, 6.45) is -4.64. The van der Waals surface area contributed by atoms with Gasteiger partial charge >= 0.3 is 6.18 Å². The van der Waals surface area contributed by atoms with Gasteiger partial charge in [-0.25, -0.2) is 0 Å². The summed E-state index contributed by atoms with van der Waals surface area (Å²) < 4.78 is 40.0. The van der Waals surface area contributed by atoms with E-state index in [-0.39, 0.29) is 22.6 Å². The van der Waals surface area contributed by atoms with Crippen molar-refractivity contribution in [2.75, 3.05) is 16.4 Å². The lowest BCUT2D eigenvalue weighted by atomic mass is 9.82. The predicted octanol–water partition coefficient (Wildman–Crippen LogP) is 7.07. The number of thioether (sulfide) groups is 1. The molecule has 1 heterocycles. The van der Waals surface area contributed by atoms with Gasteiger partial charge < -0.3 is 16.0 Å². The summed E-state index contributed by atoms with van der Waals surface area (Å²) in [5.74, 6) is -2.30. The monoisotopic (exact) mass is 582 g/mol. The fourth-order valence-corrected chi connectivity index (χ4v) is 5.37. The first kappa shape index (κ1) is 28.8. The van der Waals surface area contributed by atoms with Crippen LogP contribution >= 0.6 is 23.4 Å². The molecule has 40 heavy (non-hydrogen) atoms. The zero-order valence-electron chi connectivity index (χ0n) is 21.0. The number of carbonyl (C=O) groups excluding carboxylic acids is 2. The maximum atomic E-state index is 13.5. The number of rotatable bonds is 7. The van der Waals surface area contributed by atoms with Gasteiger partial charge in [-0.2, -0.15) is 18.4 Å². The molecule has 0 bridgehead atoms. The third-order valence-corrected chi connectivity index (χ3v) is 7.36. The summed E-state index contributed by atoms with van der Waals surface area (Å²) in [5, 5.41) is 19.0. The largest absolute Gasteiger partial charge is 0.418 e. The van der Waals surface area contributed by atoms with Crippen molar-refractivity contribution in [1.82, 2.24) is 5.32 Å². The van der Waals surface area contributed by atoms with Gasteiger partial charge in [-0.15, -0.1) is 0 Å². The van der Waals surface area contributed by atoms with Crippen LogP contribution in [0.5, 0.6) is 0 Å². The van der Waals surface area contributed by atoms with E-state index >= 15 is 0 Å². The molecule has 6 nitrogen and oxygen atoms in total. The van der Waals surface area contributed by atoms with Crippen LogP contribution in [0.15, 0.2) is 101 Å². The van der Waals surface area contributed by atoms with Crippen LogP contribution in [0.25, 0.3) is 0 Å². The number of hydrogen-bond donors (Lipinski definition) is 3. The van der Waals surface area contributed by atoms with E-state index in [0.717, 1.165) is 17.8 Å². The summed E-state index contributed by atoms with van der Waals surface area (Å²) in [4.78, 5) is 26.1. The summed E-state index contributed by atoms with van der Waals surface area (Å²) in [7, 11) is 0. The highest BCUT2D eigenvalue weighted by molar-refractivity contribution is 8.03. The summed E-state index contributed by atoms with van der Waals surface area (Å²) in [6, 6.07) is 22.5. The normalized spacial score (nSPS) is 15.2. The van der Waals surface area contributed by atoms with Crippen LogP contribution in [0.1, 0.15) is 24.0 Å². The molecule has 1 aliphatic rings. The van der Waals surface area contributed by atoms with Crippen LogP contribution in [-0.2, 0) is 15.8 Å². The van der Waals surface area contributed by atoms with Crippen molar-refractivity contribution in [3.05, 3.63) is 117 Å². The minimum atomic E-state index is -4.64. The van der Waals surface area contributed by atoms with Gasteiger partial charge in [-0.1, -0.05) is 71.9 Å². The van der Waals surface area contributed by atoms with Gasteiger partial charge in [-0.3, -0.25) is 9.59 Å². The van der Waals surface area contributed by atoms with E-state index < -0.39 is 29.5 Å². The molecular weight excluding hydrogens is 561 g/mol. The average Bonchev–Trinajstić information content (AvgIpc) is 2.92. The van der Waals surface area contributed by atoms with E-state index in [1.807, 2.05) is 6.07 Å². The van der Waals surface area contributed by atoms with Crippen LogP contribution < -0.4 is 16.0 Å². The lowest BCUT2D eigenvalue weighted by molar-refractivity contribution is -0.137. The maximum absolute atomic E-state index is 13.5. The summed E-state index contributed by atoms with van der Waals surface area (Å²) in [5.41, 5.74) is 0.587. The number of halogens is 4. The van der Waals surface area contributed by atoms with E-state index in [0.29, 0.717) is 27.0 Å². The maximum Gasteiger partial charge on any atom is 0.418 e. The van der Waals surface area contributed by atoms with Crippen LogP contribution in [0.4, 0.5) is 24.5 Å². The number of para-hydroxylation sites is 2. The molecule has 1 aliphatic heterocycles. The molecule has 2 amide bonds. The van der Waals surface area contributed by atoms with Gasteiger partial charge in [0, 0.05) is 22.0 Å². The van der Waals surface area contributed by atoms with Gasteiger partial charge in [0.15, 0.2) is 0 Å². The molecule has 0 aromatic heterocycles. The number of nitrogens with zero attached hydrogens (tertiary/aromatic N) is 1. The smallest absolute Gasteiger partial charge is 0.353 e. The van der Waals surface area contributed by atoms with Gasteiger partial charge in [0.25, 0.3) is 5.91 Å². The highest BCUT2D eigenvalue weighted by Crippen LogP contribution is 2.43. The predicted molar refractivity (Wildman–Crippen MR) is 150 cm³/mol. The molecule has 0 fully saturated rings. The zero-order valence-corrected chi connectivity index (χ0v) is 22.5. The number of anilines is 2. The highest BCUT2D eigenvalue weighted by Gasteiger charge is 2.36. The Morgan fingerprint density at radius 1 is 1.00 bits per heavy atom. The number of hydrogen-bond acceptors (Lipinski definition) is 5. The van der Waals surface area contributed by atoms with Crippen molar-refractivity contribution >= 4 is 46.6 Å². The molecule has 0 saturated heterocycles. The van der Waals surface area contributed by atoms with Crippen molar-refractivity contribution in [2.45, 2.75) is 19.0 Å². The molecule has 0 spiro atoms. The zero-order chi connectivity index (χ0) is 28.9. The van der Waals surface area contributed by atoms with Crippen molar-refractivity contribution in [1.29, 1.82) is 5.26 Å². The molecule has 4 rings (SSSR count). The first-order valence-corrected chi connectivity index (χ1v) is 13.3. The van der Waals surface area contributed by atoms with Crippen LogP contribution in [-0.4, -0.2) is 17.6 Å². The minimum absolute atomic E-state index is 0.144. The number of alkyl halides is 3. The lowest BCUT2D eigenvalue weighted by Crippen LogP contribution is -2.31. The van der Waals surface area contributed by atoms with Gasteiger partial charge in [0.2, 0.25) is 5.91 Å². The number of allylic oxidation sites excluding steroid dienone is 2. The van der Waals surface area contributed by atoms with Crippen molar-refractivity contribution in [3.63, 3.8) is 0 Å². The van der Waals surface area contributed by atoms with Gasteiger partial charge in [0.05, 0.1) is 39.6 Å². The Kier molecular flexibility index (Phi) is 8.87. The number of benzene rings is 3. The molecular formula is C29H22ClF3N4O2S. The molecule has 11 heteroatoms. The van der Waals surface area contributed by atoms with Crippen LogP contribution in [0.2, 0.25) is 5.02 Å². The van der Waals surface area contributed by atoms with Crippen molar-refractivity contribution < 1.29 is 22.8 Å². The molecule has 0 radical (unpaired) electrons. The Bertz CT molecular complexity index is 1550. The standard InChI is InChI=1S/C29H22ClF3N4O2S/c1-17-25(27(39)36-18-9-3-2-4-10-18)26(19-11-5-7-13-22(19)30)20(15-34)28(35-17)40-16-24(38)37-23-14-8-6-12-21(23)29(31,32)33/h2-14,26,35H,16H2,1H3,(H,36,39)(H,37,38)/t26-/m0/s1. The van der Waals surface area contributed by atoms with E-state index in [1.54, 1.807) is 55.5 Å². The van der Waals surface area contributed by atoms with Crippen LogP contribution in [0, 0.1) is 11.3 Å². The number of carbonyl (C=O) groups is 2. The Hall–Kier alpha value is -4.20. The van der Waals surface area contributed by atoms with Crippen molar-refractivity contribution in [3.8, 4) is 6.07 Å². The first-order chi connectivity index (χ1) is 19.1. The highest BCUT2D eigenvalue weighted by atomic mass is 35.5. The number of amides is 2. The second-order valence-electron chi connectivity index (χ2n) is 8.67. The average molecular weight is 583 g/mol.